The van der Waals surface area contributed by atoms with Crippen molar-refractivity contribution >= 4 is 27.3 Å². The molecule has 1 aromatic heterocycles. The highest BCUT2D eigenvalue weighted by molar-refractivity contribution is 7.89. The lowest BCUT2D eigenvalue weighted by Crippen LogP contribution is -2.33. The summed E-state index contributed by atoms with van der Waals surface area (Å²) < 4.78 is 45.1. The highest BCUT2D eigenvalue weighted by Gasteiger charge is 2.47. The Morgan fingerprint density at radius 1 is 1.00 bits per heavy atom. The van der Waals surface area contributed by atoms with Crippen molar-refractivity contribution < 1.29 is 32.2 Å². The van der Waals surface area contributed by atoms with Crippen molar-refractivity contribution in [2.45, 2.75) is 51.3 Å². The fraction of sp³-hybridized carbons (Fsp3) is 0.344. The summed E-state index contributed by atoms with van der Waals surface area (Å²) in [5.41, 5.74) is 5.30. The second-order valence-electron chi connectivity index (χ2n) is 10.4. The summed E-state index contributed by atoms with van der Waals surface area (Å²) in [6, 6.07) is 15.4. The third-order valence-electron chi connectivity index (χ3n) is 7.52. The molecule has 10 nitrogen and oxygen atoms in total. The van der Waals surface area contributed by atoms with E-state index in [4.69, 9.17) is 14.2 Å². The maximum atomic E-state index is 13.9. The Morgan fingerprint density at radius 2 is 1.77 bits per heavy atom. The van der Waals surface area contributed by atoms with Crippen molar-refractivity contribution in [2.75, 3.05) is 20.3 Å². The van der Waals surface area contributed by atoms with Crippen molar-refractivity contribution in [2.24, 2.45) is 0 Å². The first-order valence-electron chi connectivity index (χ1n) is 14.1. The molecule has 3 atom stereocenters. The van der Waals surface area contributed by atoms with Crippen LogP contribution in [0.2, 0.25) is 0 Å². The number of fused-ring (bicyclic) bond motifs is 2. The van der Waals surface area contributed by atoms with E-state index in [-0.39, 0.29) is 18.0 Å². The third kappa shape index (κ3) is 6.25. The number of rotatable bonds is 11. The molecule has 2 aliphatic rings. The highest BCUT2D eigenvalue weighted by Crippen LogP contribution is 2.47. The van der Waals surface area contributed by atoms with Crippen LogP contribution in [0.15, 0.2) is 66.4 Å². The zero-order valence-corrected chi connectivity index (χ0v) is 25.4. The number of nitrogens with zero attached hydrogens (tertiary/aromatic N) is 1. The van der Waals surface area contributed by atoms with E-state index in [9.17, 15) is 18.0 Å². The topological polar surface area (TPSA) is 133 Å². The maximum absolute atomic E-state index is 13.9. The molecule has 2 heterocycles. The van der Waals surface area contributed by atoms with Crippen molar-refractivity contribution in [1.82, 2.24) is 15.0 Å². The van der Waals surface area contributed by atoms with E-state index in [2.05, 4.69) is 15.0 Å². The predicted molar refractivity (Wildman–Crippen MR) is 160 cm³/mol. The van der Waals surface area contributed by atoms with Gasteiger partial charge in [-0.25, -0.2) is 8.42 Å². The number of methoxy groups -OCH3 is 1. The molecule has 1 amide bonds. The molecule has 0 saturated carbocycles. The zero-order chi connectivity index (χ0) is 30.7. The fourth-order valence-electron chi connectivity index (χ4n) is 5.79. The van der Waals surface area contributed by atoms with Crippen LogP contribution in [-0.2, 0) is 41.3 Å². The maximum Gasteiger partial charge on any atom is 0.239 e. The fourth-order valence-corrected chi connectivity index (χ4v) is 6.90. The van der Waals surface area contributed by atoms with Crippen LogP contribution in [0.25, 0.3) is 5.57 Å². The number of pyridine rings is 1. The standard InChI is InChI=1S/C32H35N3O7S/c1-5-41-31-23-11-9-15-33-28(23)27-26(30(31)37)29(34-32(27)42-6-2)22-14-13-20(16-19(22)3)18-43(38,39)35-25(36)17-21-10-7-8-12-24(21)40-4/h7-16,29,31-32,34H,5-6,17-18H2,1-4H3,(H,35,36). The number of carbonyl (C=O) groups excluding carboxylic acids is 2. The minimum atomic E-state index is -3.98. The molecule has 1 aliphatic heterocycles. The zero-order valence-electron chi connectivity index (χ0n) is 24.5. The lowest BCUT2D eigenvalue weighted by Gasteiger charge is -2.27. The van der Waals surface area contributed by atoms with Gasteiger partial charge in [0.2, 0.25) is 15.9 Å². The number of para-hydroxylation sites is 1. The van der Waals surface area contributed by atoms with Gasteiger partial charge in [-0.15, -0.1) is 0 Å². The Morgan fingerprint density at radius 3 is 2.49 bits per heavy atom. The Labute approximate surface area is 251 Å². The van der Waals surface area contributed by atoms with E-state index in [0.29, 0.717) is 52.5 Å². The molecule has 0 fully saturated rings. The average Bonchev–Trinajstić information content (AvgIpc) is 3.34. The van der Waals surface area contributed by atoms with Gasteiger partial charge in [0.15, 0.2) is 5.78 Å². The third-order valence-corrected chi connectivity index (χ3v) is 8.77. The summed E-state index contributed by atoms with van der Waals surface area (Å²) in [7, 11) is -2.49. The molecular formula is C32H35N3O7S. The Hall–Kier alpha value is -3.90. The number of ether oxygens (including phenoxy) is 3. The van der Waals surface area contributed by atoms with Gasteiger partial charge in [0, 0.05) is 41.7 Å². The highest BCUT2D eigenvalue weighted by atomic mass is 32.2. The molecule has 0 radical (unpaired) electrons. The minimum Gasteiger partial charge on any atom is -0.496 e. The largest absolute Gasteiger partial charge is 0.496 e. The van der Waals surface area contributed by atoms with Crippen LogP contribution in [0.5, 0.6) is 5.75 Å². The van der Waals surface area contributed by atoms with Crippen LogP contribution in [0, 0.1) is 6.92 Å². The van der Waals surface area contributed by atoms with Crippen molar-refractivity contribution in [3.05, 3.63) is 99.9 Å². The second-order valence-corrected chi connectivity index (χ2v) is 12.1. The van der Waals surface area contributed by atoms with Gasteiger partial charge in [-0.1, -0.05) is 42.5 Å². The summed E-state index contributed by atoms with van der Waals surface area (Å²) in [6.07, 6.45) is 0.222. The second kappa shape index (κ2) is 12.8. The summed E-state index contributed by atoms with van der Waals surface area (Å²) in [5.74, 6) is -0.680. The van der Waals surface area contributed by atoms with E-state index in [1.165, 1.54) is 7.11 Å². The Kier molecular flexibility index (Phi) is 9.07. The van der Waals surface area contributed by atoms with E-state index in [0.717, 1.165) is 11.1 Å². The van der Waals surface area contributed by atoms with Crippen LogP contribution < -0.4 is 14.8 Å². The summed E-state index contributed by atoms with van der Waals surface area (Å²) in [4.78, 5) is 31.1. The van der Waals surface area contributed by atoms with E-state index < -0.39 is 34.3 Å². The van der Waals surface area contributed by atoms with Crippen molar-refractivity contribution in [3.8, 4) is 5.75 Å². The molecule has 5 rings (SSSR count). The van der Waals surface area contributed by atoms with E-state index in [1.807, 2.05) is 32.9 Å². The van der Waals surface area contributed by atoms with Gasteiger partial charge >= 0.3 is 0 Å². The first-order chi connectivity index (χ1) is 20.7. The van der Waals surface area contributed by atoms with Gasteiger partial charge in [-0.3, -0.25) is 24.6 Å². The van der Waals surface area contributed by atoms with Crippen molar-refractivity contribution in [1.29, 1.82) is 0 Å². The van der Waals surface area contributed by atoms with Crippen LogP contribution in [-0.4, -0.2) is 51.6 Å². The molecule has 1 aliphatic carbocycles. The summed E-state index contributed by atoms with van der Waals surface area (Å²) >= 11 is 0. The number of carbonyl (C=O) groups is 2. The Balaban J connectivity index is 1.40. The number of amides is 1. The normalized spacial score (nSPS) is 19.6. The molecule has 43 heavy (non-hydrogen) atoms. The lowest BCUT2D eigenvalue weighted by atomic mass is 9.82. The van der Waals surface area contributed by atoms with Gasteiger partial charge in [-0.2, -0.15) is 0 Å². The number of benzene rings is 2. The SMILES string of the molecule is CCOC1NC(c2ccc(CS(=O)(=O)NC(=O)Cc3ccccc3OC)cc2C)C2=C1c1ncccc1C(OCC)C2=O. The first-order valence-corrected chi connectivity index (χ1v) is 15.8. The first kappa shape index (κ1) is 30.6. The quantitative estimate of drug-likeness (QED) is 0.336. The number of hydrogen-bond acceptors (Lipinski definition) is 9. The molecule has 226 valence electrons. The van der Waals surface area contributed by atoms with Gasteiger partial charge in [0.1, 0.15) is 18.1 Å². The molecule has 11 heteroatoms. The number of Topliss-reactive ketones (excluding diaryl/α,β-unsaturated/α-hetero) is 1. The van der Waals surface area contributed by atoms with E-state index >= 15 is 0 Å². The predicted octanol–water partition coefficient (Wildman–Crippen LogP) is 3.71. The Bertz CT molecular complexity index is 1690. The summed E-state index contributed by atoms with van der Waals surface area (Å²) in [6.45, 7) is 6.38. The molecule has 2 N–H and O–H groups in total. The van der Waals surface area contributed by atoms with Crippen LogP contribution in [0.4, 0.5) is 0 Å². The van der Waals surface area contributed by atoms with E-state index in [1.54, 1.807) is 48.7 Å². The van der Waals surface area contributed by atoms with Gasteiger partial charge < -0.3 is 14.2 Å². The molecule has 0 saturated heterocycles. The van der Waals surface area contributed by atoms with Crippen LogP contribution in [0.3, 0.4) is 0 Å². The molecule has 0 bridgehead atoms. The molecule has 2 aromatic carbocycles. The van der Waals surface area contributed by atoms with Crippen LogP contribution in [0.1, 0.15) is 59.5 Å². The average molecular weight is 606 g/mol. The minimum absolute atomic E-state index is 0.137. The smallest absolute Gasteiger partial charge is 0.239 e. The number of nitrogens with one attached hydrogen (secondary N) is 2. The molecule has 0 spiro atoms. The number of sulfonamides is 1. The number of aromatic nitrogens is 1. The molecular weight excluding hydrogens is 570 g/mol. The number of aryl methyl sites for hydroxylation is 1. The van der Waals surface area contributed by atoms with Gasteiger partial charge in [0.25, 0.3) is 0 Å². The summed E-state index contributed by atoms with van der Waals surface area (Å²) in [5, 5.41) is 3.45. The lowest BCUT2D eigenvalue weighted by molar-refractivity contribution is -0.127. The molecule has 3 aromatic rings. The monoisotopic (exact) mass is 605 g/mol. The van der Waals surface area contributed by atoms with Gasteiger partial charge in [-0.05, 0) is 49.6 Å². The number of hydrogen-bond donors (Lipinski definition) is 2. The van der Waals surface area contributed by atoms with Gasteiger partial charge in [0.05, 0.1) is 31.0 Å². The number of ketones is 1. The molecule has 3 unspecified atom stereocenters. The van der Waals surface area contributed by atoms with Crippen LogP contribution >= 0.6 is 0 Å². The van der Waals surface area contributed by atoms with Crippen molar-refractivity contribution in [3.63, 3.8) is 0 Å².